The second kappa shape index (κ2) is 7.43. The molecule has 3 rings (SSSR count). The molecule has 0 spiro atoms. The molecule has 7 nitrogen and oxygen atoms in total. The smallest absolute Gasteiger partial charge is 0.266 e. The van der Waals surface area contributed by atoms with Crippen molar-refractivity contribution in [2.24, 2.45) is 5.92 Å². The van der Waals surface area contributed by atoms with E-state index in [1.807, 2.05) is 0 Å². The van der Waals surface area contributed by atoms with E-state index in [1.165, 1.54) is 24.3 Å². The SMILES string of the molecule is O=C1CN(S(=O)(=O)c2ccc(Cl)cc2)C(=O)C(Cc2ccncc2)CN1. The molecule has 136 valence electrons. The predicted molar refractivity (Wildman–Crippen MR) is 94.8 cm³/mol. The van der Waals surface area contributed by atoms with E-state index in [0.717, 1.165) is 5.56 Å². The Morgan fingerprint density at radius 3 is 2.42 bits per heavy atom. The number of benzene rings is 1. The molecule has 0 aliphatic carbocycles. The van der Waals surface area contributed by atoms with Crippen molar-refractivity contribution in [2.45, 2.75) is 11.3 Å². The van der Waals surface area contributed by atoms with Crippen LogP contribution in [0.3, 0.4) is 0 Å². The highest BCUT2D eigenvalue weighted by Gasteiger charge is 2.37. The molecule has 1 atom stereocenters. The molecule has 0 saturated carbocycles. The van der Waals surface area contributed by atoms with Crippen LogP contribution in [-0.2, 0) is 26.0 Å². The van der Waals surface area contributed by atoms with E-state index in [-0.39, 0.29) is 11.4 Å². The van der Waals surface area contributed by atoms with Crippen LogP contribution in [0, 0.1) is 5.92 Å². The van der Waals surface area contributed by atoms with Crippen molar-refractivity contribution in [1.82, 2.24) is 14.6 Å². The number of carbonyl (C=O) groups excluding carboxylic acids is 2. The first-order valence-corrected chi connectivity index (χ1v) is 9.67. The Bertz CT molecular complexity index is 917. The lowest BCUT2D eigenvalue weighted by Gasteiger charge is -2.23. The van der Waals surface area contributed by atoms with Crippen LogP contribution in [0.5, 0.6) is 0 Å². The van der Waals surface area contributed by atoms with Crippen LogP contribution in [-0.4, -0.2) is 42.6 Å². The third-order valence-electron chi connectivity index (χ3n) is 4.06. The molecule has 2 aromatic rings. The van der Waals surface area contributed by atoms with Gasteiger partial charge in [0.1, 0.15) is 6.54 Å². The minimum atomic E-state index is -4.16. The van der Waals surface area contributed by atoms with Crippen LogP contribution >= 0.6 is 11.6 Å². The van der Waals surface area contributed by atoms with E-state index in [0.29, 0.717) is 15.7 Å². The highest BCUT2D eigenvalue weighted by Crippen LogP contribution is 2.22. The van der Waals surface area contributed by atoms with Gasteiger partial charge in [0.25, 0.3) is 10.0 Å². The minimum absolute atomic E-state index is 0.0760. The molecule has 0 bridgehead atoms. The second-order valence-corrected chi connectivity index (χ2v) is 8.16. The monoisotopic (exact) mass is 393 g/mol. The van der Waals surface area contributed by atoms with Gasteiger partial charge >= 0.3 is 0 Å². The normalized spacial score (nSPS) is 18.3. The van der Waals surface area contributed by atoms with Crippen molar-refractivity contribution in [2.75, 3.05) is 13.1 Å². The van der Waals surface area contributed by atoms with Crippen molar-refractivity contribution in [3.63, 3.8) is 0 Å². The number of amides is 2. The van der Waals surface area contributed by atoms with Gasteiger partial charge in [-0.2, -0.15) is 0 Å². The van der Waals surface area contributed by atoms with Gasteiger partial charge in [-0.15, -0.1) is 0 Å². The summed E-state index contributed by atoms with van der Waals surface area (Å²) in [5, 5.41) is 2.98. The Morgan fingerprint density at radius 1 is 1.12 bits per heavy atom. The van der Waals surface area contributed by atoms with Gasteiger partial charge in [0.15, 0.2) is 0 Å². The first-order valence-electron chi connectivity index (χ1n) is 7.85. The van der Waals surface area contributed by atoms with Gasteiger partial charge < -0.3 is 5.32 Å². The third kappa shape index (κ3) is 3.86. The fourth-order valence-corrected chi connectivity index (χ4v) is 4.23. The minimum Gasteiger partial charge on any atom is -0.354 e. The number of hydrogen-bond acceptors (Lipinski definition) is 5. The molecular weight excluding hydrogens is 378 g/mol. The summed E-state index contributed by atoms with van der Waals surface area (Å²) in [5.41, 5.74) is 0.832. The van der Waals surface area contributed by atoms with Crippen molar-refractivity contribution >= 4 is 33.4 Å². The highest BCUT2D eigenvalue weighted by atomic mass is 35.5. The number of hydrogen-bond donors (Lipinski definition) is 1. The van der Waals surface area contributed by atoms with Crippen LogP contribution in [0.2, 0.25) is 5.02 Å². The summed E-state index contributed by atoms with van der Waals surface area (Å²) in [4.78, 5) is 28.7. The number of pyridine rings is 1. The quantitative estimate of drug-likeness (QED) is 0.843. The number of aromatic nitrogens is 1. The average Bonchev–Trinajstić information content (AvgIpc) is 2.77. The number of halogens is 1. The second-order valence-electron chi connectivity index (χ2n) is 5.86. The van der Waals surface area contributed by atoms with E-state index < -0.39 is 34.3 Å². The van der Waals surface area contributed by atoms with Gasteiger partial charge in [0.2, 0.25) is 11.8 Å². The average molecular weight is 394 g/mol. The highest BCUT2D eigenvalue weighted by molar-refractivity contribution is 7.89. The fraction of sp³-hybridized carbons (Fsp3) is 0.235. The molecule has 1 fully saturated rings. The van der Waals surface area contributed by atoms with E-state index in [2.05, 4.69) is 10.3 Å². The summed E-state index contributed by atoms with van der Waals surface area (Å²) in [6.45, 7) is -0.469. The maximum absolute atomic E-state index is 12.9. The summed E-state index contributed by atoms with van der Waals surface area (Å²) >= 11 is 5.79. The third-order valence-corrected chi connectivity index (χ3v) is 6.07. The van der Waals surface area contributed by atoms with Gasteiger partial charge in [-0.1, -0.05) is 11.6 Å². The molecule has 26 heavy (non-hydrogen) atoms. The van der Waals surface area contributed by atoms with E-state index in [4.69, 9.17) is 11.6 Å². The van der Waals surface area contributed by atoms with Crippen molar-refractivity contribution in [1.29, 1.82) is 0 Å². The molecule has 9 heteroatoms. The van der Waals surface area contributed by atoms with Crippen LogP contribution in [0.1, 0.15) is 5.56 Å². The Balaban J connectivity index is 1.92. The predicted octanol–water partition coefficient (Wildman–Crippen LogP) is 1.24. The molecule has 1 aliphatic heterocycles. The zero-order valence-electron chi connectivity index (χ0n) is 13.6. The largest absolute Gasteiger partial charge is 0.354 e. The first kappa shape index (κ1) is 18.3. The van der Waals surface area contributed by atoms with Crippen molar-refractivity contribution < 1.29 is 18.0 Å². The van der Waals surface area contributed by atoms with Crippen LogP contribution in [0.4, 0.5) is 0 Å². The van der Waals surface area contributed by atoms with Crippen molar-refractivity contribution in [3.8, 4) is 0 Å². The summed E-state index contributed by atoms with van der Waals surface area (Å²) in [6.07, 6.45) is 3.49. The molecule has 2 amide bonds. The van der Waals surface area contributed by atoms with Crippen LogP contribution in [0.25, 0.3) is 0 Å². The van der Waals surface area contributed by atoms with E-state index in [1.54, 1.807) is 24.5 Å². The number of nitrogens with zero attached hydrogens (tertiary/aromatic N) is 2. The number of carbonyl (C=O) groups is 2. The molecule has 1 aliphatic rings. The maximum Gasteiger partial charge on any atom is 0.266 e. The molecule has 2 heterocycles. The lowest BCUT2D eigenvalue weighted by atomic mass is 9.99. The lowest BCUT2D eigenvalue weighted by Crippen LogP contribution is -2.42. The van der Waals surface area contributed by atoms with Gasteiger partial charge in [-0.05, 0) is 48.4 Å². The fourth-order valence-electron chi connectivity index (χ4n) is 2.69. The maximum atomic E-state index is 12.9. The van der Waals surface area contributed by atoms with Gasteiger partial charge in [0, 0.05) is 24.0 Å². The molecule has 1 saturated heterocycles. The molecule has 1 aromatic carbocycles. The van der Waals surface area contributed by atoms with Crippen molar-refractivity contribution in [3.05, 3.63) is 59.4 Å². The lowest BCUT2D eigenvalue weighted by molar-refractivity contribution is -0.131. The number of sulfonamides is 1. The van der Waals surface area contributed by atoms with E-state index >= 15 is 0 Å². The first-order chi connectivity index (χ1) is 12.4. The summed E-state index contributed by atoms with van der Waals surface area (Å²) in [6, 6.07) is 8.96. The Morgan fingerprint density at radius 2 is 1.77 bits per heavy atom. The number of nitrogens with one attached hydrogen (secondary N) is 1. The Hall–Kier alpha value is -2.45. The molecule has 0 radical (unpaired) electrons. The van der Waals surface area contributed by atoms with Gasteiger partial charge in [0.05, 0.1) is 10.8 Å². The Labute approximate surface area is 156 Å². The van der Waals surface area contributed by atoms with E-state index in [9.17, 15) is 18.0 Å². The van der Waals surface area contributed by atoms with Gasteiger partial charge in [-0.3, -0.25) is 14.6 Å². The zero-order valence-corrected chi connectivity index (χ0v) is 15.2. The Kier molecular flexibility index (Phi) is 5.24. The van der Waals surface area contributed by atoms with Crippen LogP contribution in [0.15, 0.2) is 53.7 Å². The molecule has 1 unspecified atom stereocenters. The summed E-state index contributed by atoms with van der Waals surface area (Å²) in [5.74, 6) is -1.82. The standard InChI is InChI=1S/C17H16ClN3O4S/c18-14-1-3-15(4-2-14)26(24,25)21-11-16(22)20-10-13(17(21)23)9-12-5-7-19-8-6-12/h1-8,13H,9-11H2,(H,20,22). The molecule has 1 aromatic heterocycles. The zero-order chi connectivity index (χ0) is 18.7. The van der Waals surface area contributed by atoms with Crippen LogP contribution < -0.4 is 5.32 Å². The molecular formula is C17H16ClN3O4S. The summed E-state index contributed by atoms with van der Waals surface area (Å²) < 4.78 is 26.4. The summed E-state index contributed by atoms with van der Waals surface area (Å²) in [7, 11) is -4.16. The molecule has 1 N–H and O–H groups in total. The number of rotatable bonds is 4. The van der Waals surface area contributed by atoms with Gasteiger partial charge in [-0.25, -0.2) is 12.7 Å². The topological polar surface area (TPSA) is 96.4 Å².